The Hall–Kier alpha value is -2.80. The number of nitrogens with zero attached hydrogens (tertiary/aromatic N) is 4. The highest BCUT2D eigenvalue weighted by Crippen LogP contribution is 2.30. The van der Waals surface area contributed by atoms with E-state index in [1.165, 1.54) is 11.8 Å². The number of carbonyl (C=O) groups is 1. The first-order valence-electron chi connectivity index (χ1n) is 10.4. The lowest BCUT2D eigenvalue weighted by Crippen LogP contribution is -2.39. The van der Waals surface area contributed by atoms with Gasteiger partial charge in [-0.05, 0) is 44.0 Å². The Morgan fingerprint density at radius 2 is 1.80 bits per heavy atom. The van der Waals surface area contributed by atoms with Gasteiger partial charge in [0.05, 0.1) is 16.8 Å². The van der Waals surface area contributed by atoms with Gasteiger partial charge in [0.15, 0.2) is 16.6 Å². The number of oxazole rings is 1. The van der Waals surface area contributed by atoms with Crippen LogP contribution in [0.1, 0.15) is 31.6 Å². The highest BCUT2D eigenvalue weighted by molar-refractivity contribution is 7.99. The number of aromatic nitrogens is 3. The number of imidazole rings is 1. The summed E-state index contributed by atoms with van der Waals surface area (Å²) in [5, 5.41) is 0.911. The summed E-state index contributed by atoms with van der Waals surface area (Å²) in [6, 6.07) is 16.0. The van der Waals surface area contributed by atoms with E-state index in [2.05, 4.69) is 22.5 Å². The van der Waals surface area contributed by atoms with Crippen LogP contribution in [0.25, 0.3) is 22.1 Å². The number of hydrogen-bond donors (Lipinski definition) is 0. The number of benzene rings is 2. The Bertz CT molecular complexity index is 1160. The number of para-hydroxylation sites is 4. The minimum atomic E-state index is 0.172. The highest BCUT2D eigenvalue weighted by Gasteiger charge is 2.27. The van der Waals surface area contributed by atoms with E-state index >= 15 is 0 Å². The van der Waals surface area contributed by atoms with Crippen molar-refractivity contribution in [2.24, 2.45) is 0 Å². The van der Waals surface area contributed by atoms with Crippen LogP contribution >= 0.6 is 11.8 Å². The van der Waals surface area contributed by atoms with Crippen LogP contribution in [0.5, 0.6) is 0 Å². The van der Waals surface area contributed by atoms with Crippen LogP contribution in [0.15, 0.2) is 58.1 Å². The van der Waals surface area contributed by atoms with Crippen molar-refractivity contribution in [1.29, 1.82) is 0 Å². The van der Waals surface area contributed by atoms with Gasteiger partial charge in [0.25, 0.3) is 0 Å². The molecule has 5 rings (SSSR count). The summed E-state index contributed by atoms with van der Waals surface area (Å²) >= 11 is 1.53. The molecule has 0 radical (unpaired) electrons. The number of rotatable bonds is 5. The molecule has 0 unspecified atom stereocenters. The Kier molecular flexibility index (Phi) is 5.21. The molecule has 1 aliphatic heterocycles. The van der Waals surface area contributed by atoms with Crippen molar-refractivity contribution < 1.29 is 9.21 Å². The van der Waals surface area contributed by atoms with E-state index < -0.39 is 0 Å². The van der Waals surface area contributed by atoms with Gasteiger partial charge in [-0.1, -0.05) is 36.0 Å². The molecule has 0 aliphatic carbocycles. The summed E-state index contributed by atoms with van der Waals surface area (Å²) < 4.78 is 8.11. The number of carbonyl (C=O) groups excluding carboxylic acids is 1. The lowest BCUT2D eigenvalue weighted by atomic mass is 9.97. The second-order valence-corrected chi connectivity index (χ2v) is 8.53. The number of piperidine rings is 1. The molecule has 30 heavy (non-hydrogen) atoms. The maximum absolute atomic E-state index is 12.8. The summed E-state index contributed by atoms with van der Waals surface area (Å²) in [5.41, 5.74) is 3.84. The Morgan fingerprint density at radius 1 is 1.07 bits per heavy atom. The molecule has 154 valence electrons. The smallest absolute Gasteiger partial charge is 0.233 e. The van der Waals surface area contributed by atoms with Gasteiger partial charge in [-0.2, -0.15) is 0 Å². The first-order chi connectivity index (χ1) is 14.7. The Morgan fingerprint density at radius 3 is 2.57 bits per heavy atom. The summed E-state index contributed by atoms with van der Waals surface area (Å²) in [4.78, 5) is 24.1. The summed E-state index contributed by atoms with van der Waals surface area (Å²) in [6.07, 6.45) is 1.77. The first-order valence-corrected chi connectivity index (χ1v) is 11.4. The lowest BCUT2D eigenvalue weighted by molar-refractivity contribution is -0.129. The van der Waals surface area contributed by atoms with Crippen molar-refractivity contribution in [1.82, 2.24) is 19.4 Å². The minimum absolute atomic E-state index is 0.172. The van der Waals surface area contributed by atoms with Crippen molar-refractivity contribution in [2.75, 3.05) is 18.8 Å². The molecular formula is C23H24N4O2S. The van der Waals surface area contributed by atoms with E-state index in [0.717, 1.165) is 65.7 Å². The molecule has 0 saturated carbocycles. The number of thioether (sulfide) groups is 1. The standard InChI is InChI=1S/C23H24N4O2S/c1-2-27-19-9-5-3-7-17(19)25-23(27)30-15-21(28)26-13-11-16(12-14-26)22-24-18-8-4-6-10-20(18)29-22/h3-10,16H,2,11-15H2,1H3. The fourth-order valence-electron chi connectivity index (χ4n) is 4.13. The number of amides is 1. The fourth-order valence-corrected chi connectivity index (χ4v) is 5.11. The number of likely N-dealkylation sites (tertiary alicyclic amines) is 1. The molecule has 2 aromatic carbocycles. The summed E-state index contributed by atoms with van der Waals surface area (Å²) in [5.74, 6) is 1.66. The molecule has 0 N–H and O–H groups in total. The van der Waals surface area contributed by atoms with Gasteiger partial charge in [-0.25, -0.2) is 9.97 Å². The molecule has 7 heteroatoms. The van der Waals surface area contributed by atoms with Crippen molar-refractivity contribution in [3.8, 4) is 0 Å². The van der Waals surface area contributed by atoms with Gasteiger partial charge >= 0.3 is 0 Å². The van der Waals surface area contributed by atoms with Gasteiger partial charge < -0.3 is 13.9 Å². The van der Waals surface area contributed by atoms with E-state index in [1.807, 2.05) is 47.4 Å². The van der Waals surface area contributed by atoms with Gasteiger partial charge in [0.1, 0.15) is 5.52 Å². The maximum atomic E-state index is 12.8. The average molecular weight is 421 g/mol. The van der Waals surface area contributed by atoms with Gasteiger partial charge in [-0.15, -0.1) is 0 Å². The molecule has 0 atom stereocenters. The number of hydrogen-bond acceptors (Lipinski definition) is 5. The quantitative estimate of drug-likeness (QED) is 0.438. The van der Waals surface area contributed by atoms with Crippen LogP contribution in [0.3, 0.4) is 0 Å². The third-order valence-corrected chi connectivity index (χ3v) is 6.73. The highest BCUT2D eigenvalue weighted by atomic mass is 32.2. The molecular weight excluding hydrogens is 396 g/mol. The molecule has 1 fully saturated rings. The van der Waals surface area contributed by atoms with Crippen molar-refractivity contribution in [2.45, 2.75) is 37.4 Å². The molecule has 2 aromatic heterocycles. The second-order valence-electron chi connectivity index (χ2n) is 7.59. The van der Waals surface area contributed by atoms with E-state index in [9.17, 15) is 4.79 Å². The second kappa shape index (κ2) is 8.14. The van der Waals surface area contributed by atoms with Crippen LogP contribution in [0.2, 0.25) is 0 Å². The number of fused-ring (bicyclic) bond motifs is 2. The van der Waals surface area contributed by atoms with Gasteiger partial charge in [0.2, 0.25) is 5.91 Å². The van der Waals surface area contributed by atoms with Crippen LogP contribution in [0, 0.1) is 0 Å². The predicted molar refractivity (Wildman–Crippen MR) is 119 cm³/mol. The zero-order valence-corrected chi connectivity index (χ0v) is 17.8. The van der Waals surface area contributed by atoms with Crippen LogP contribution in [-0.4, -0.2) is 44.2 Å². The zero-order chi connectivity index (χ0) is 20.5. The van der Waals surface area contributed by atoms with Gasteiger partial charge in [0, 0.05) is 25.6 Å². The first kappa shape index (κ1) is 19.2. The predicted octanol–water partition coefficient (Wildman–Crippen LogP) is 4.70. The van der Waals surface area contributed by atoms with Crippen molar-refractivity contribution in [3.63, 3.8) is 0 Å². The number of aryl methyl sites for hydroxylation is 1. The lowest BCUT2D eigenvalue weighted by Gasteiger charge is -2.30. The van der Waals surface area contributed by atoms with E-state index in [1.54, 1.807) is 0 Å². The molecule has 0 bridgehead atoms. The molecule has 6 nitrogen and oxygen atoms in total. The van der Waals surface area contributed by atoms with Crippen molar-refractivity contribution in [3.05, 3.63) is 54.4 Å². The molecule has 0 spiro atoms. The van der Waals surface area contributed by atoms with Crippen LogP contribution < -0.4 is 0 Å². The topological polar surface area (TPSA) is 64.2 Å². The molecule has 4 aromatic rings. The fraction of sp³-hybridized carbons (Fsp3) is 0.348. The molecule has 3 heterocycles. The SMILES string of the molecule is CCn1c(SCC(=O)N2CCC(c3nc4ccccc4o3)CC2)nc2ccccc21. The Labute approximate surface area is 179 Å². The monoisotopic (exact) mass is 420 g/mol. The Balaban J connectivity index is 1.20. The van der Waals surface area contributed by atoms with Crippen LogP contribution in [0.4, 0.5) is 0 Å². The third kappa shape index (κ3) is 3.58. The molecule has 1 saturated heterocycles. The largest absolute Gasteiger partial charge is 0.440 e. The summed E-state index contributed by atoms with van der Waals surface area (Å²) in [7, 11) is 0. The van der Waals surface area contributed by atoms with E-state index in [0.29, 0.717) is 5.75 Å². The molecule has 1 aliphatic rings. The minimum Gasteiger partial charge on any atom is -0.440 e. The molecule has 1 amide bonds. The van der Waals surface area contributed by atoms with Crippen LogP contribution in [-0.2, 0) is 11.3 Å². The zero-order valence-electron chi connectivity index (χ0n) is 17.0. The van der Waals surface area contributed by atoms with E-state index in [-0.39, 0.29) is 11.8 Å². The van der Waals surface area contributed by atoms with Crippen molar-refractivity contribution >= 4 is 39.8 Å². The summed E-state index contributed by atoms with van der Waals surface area (Å²) in [6.45, 7) is 4.43. The van der Waals surface area contributed by atoms with E-state index in [4.69, 9.17) is 9.40 Å². The normalized spacial score (nSPS) is 15.3. The third-order valence-electron chi connectivity index (χ3n) is 5.77. The average Bonchev–Trinajstić information content (AvgIpc) is 3.38. The van der Waals surface area contributed by atoms with Gasteiger partial charge in [-0.3, -0.25) is 4.79 Å². The maximum Gasteiger partial charge on any atom is 0.233 e.